The van der Waals surface area contributed by atoms with E-state index in [1.165, 1.54) is 24.3 Å². The van der Waals surface area contributed by atoms with Gasteiger partial charge in [-0.05, 0) is 61.0 Å². The molecule has 0 aliphatic rings. The highest BCUT2D eigenvalue weighted by Crippen LogP contribution is 2.29. The Morgan fingerprint density at radius 1 is 1.03 bits per heavy atom. The Kier molecular flexibility index (Phi) is 7.36. The van der Waals surface area contributed by atoms with Crippen molar-refractivity contribution in [1.82, 2.24) is 19.3 Å². The molecular formula is C24H22ClN5O3S. The van der Waals surface area contributed by atoms with Gasteiger partial charge in [-0.1, -0.05) is 17.7 Å². The Morgan fingerprint density at radius 2 is 1.85 bits per heavy atom. The van der Waals surface area contributed by atoms with Gasteiger partial charge in [-0.3, -0.25) is 9.78 Å². The zero-order valence-electron chi connectivity index (χ0n) is 18.1. The van der Waals surface area contributed by atoms with Crippen LogP contribution in [0, 0.1) is 0 Å². The van der Waals surface area contributed by atoms with Crippen LogP contribution in [0.4, 0.5) is 5.69 Å². The Morgan fingerprint density at radius 3 is 2.56 bits per heavy atom. The second-order valence-electron chi connectivity index (χ2n) is 7.44. The first-order chi connectivity index (χ1) is 16.4. The molecule has 0 spiro atoms. The summed E-state index contributed by atoms with van der Waals surface area (Å²) >= 11 is 6.30. The van der Waals surface area contributed by atoms with Gasteiger partial charge in [0.25, 0.3) is 5.91 Å². The molecule has 2 N–H and O–H groups in total. The van der Waals surface area contributed by atoms with Crippen LogP contribution in [0.5, 0.6) is 0 Å². The summed E-state index contributed by atoms with van der Waals surface area (Å²) in [5.41, 5.74) is 2.26. The summed E-state index contributed by atoms with van der Waals surface area (Å²) in [5.74, 6) is -0.369. The predicted octanol–water partition coefficient (Wildman–Crippen LogP) is 4.22. The number of aromatic nitrogens is 3. The van der Waals surface area contributed by atoms with E-state index in [-0.39, 0.29) is 17.3 Å². The minimum Gasteiger partial charge on any atom is -0.337 e. The van der Waals surface area contributed by atoms with Crippen LogP contribution in [-0.2, 0) is 16.6 Å². The van der Waals surface area contributed by atoms with Crippen molar-refractivity contribution in [3.63, 3.8) is 0 Å². The summed E-state index contributed by atoms with van der Waals surface area (Å²) in [7, 11) is -3.67. The first-order valence-electron chi connectivity index (χ1n) is 10.5. The number of pyridine rings is 1. The molecule has 4 rings (SSSR count). The van der Waals surface area contributed by atoms with E-state index >= 15 is 0 Å². The molecule has 0 fully saturated rings. The van der Waals surface area contributed by atoms with Crippen LogP contribution in [0.3, 0.4) is 0 Å². The van der Waals surface area contributed by atoms with Crippen LogP contribution in [0.25, 0.3) is 11.3 Å². The van der Waals surface area contributed by atoms with Crippen molar-refractivity contribution in [2.75, 3.05) is 11.9 Å². The van der Waals surface area contributed by atoms with Gasteiger partial charge in [0.2, 0.25) is 10.0 Å². The Balaban J connectivity index is 1.38. The molecule has 0 aliphatic heterocycles. The summed E-state index contributed by atoms with van der Waals surface area (Å²) in [6.45, 7) is 0.951. The molecule has 0 unspecified atom stereocenters. The summed E-state index contributed by atoms with van der Waals surface area (Å²) in [5, 5.41) is 3.33. The number of benzene rings is 2. The van der Waals surface area contributed by atoms with Gasteiger partial charge in [0.1, 0.15) is 0 Å². The van der Waals surface area contributed by atoms with Crippen molar-refractivity contribution in [1.29, 1.82) is 0 Å². The van der Waals surface area contributed by atoms with Gasteiger partial charge in [0.05, 0.1) is 21.9 Å². The maximum absolute atomic E-state index is 12.7. The van der Waals surface area contributed by atoms with Gasteiger partial charge in [0, 0.05) is 48.5 Å². The normalized spacial score (nSPS) is 11.3. The van der Waals surface area contributed by atoms with Crippen molar-refractivity contribution in [3.05, 3.63) is 96.2 Å². The lowest BCUT2D eigenvalue weighted by atomic mass is 10.1. The molecule has 8 nitrogen and oxygen atoms in total. The zero-order valence-corrected chi connectivity index (χ0v) is 19.6. The van der Waals surface area contributed by atoms with Gasteiger partial charge in [-0.2, -0.15) is 0 Å². The molecule has 0 saturated heterocycles. The molecule has 0 bridgehead atoms. The fourth-order valence-electron chi connectivity index (χ4n) is 3.28. The number of halogens is 1. The maximum atomic E-state index is 12.7. The van der Waals surface area contributed by atoms with E-state index in [1.807, 2.05) is 29.0 Å². The van der Waals surface area contributed by atoms with E-state index in [2.05, 4.69) is 20.0 Å². The van der Waals surface area contributed by atoms with Crippen molar-refractivity contribution < 1.29 is 13.2 Å². The van der Waals surface area contributed by atoms with E-state index in [0.29, 0.717) is 40.5 Å². The van der Waals surface area contributed by atoms with E-state index in [9.17, 15) is 13.2 Å². The molecule has 2 heterocycles. The highest BCUT2D eigenvalue weighted by atomic mass is 35.5. The van der Waals surface area contributed by atoms with Crippen LogP contribution < -0.4 is 10.0 Å². The molecule has 0 saturated carbocycles. The van der Waals surface area contributed by atoms with Crippen molar-refractivity contribution in [2.45, 2.75) is 17.9 Å². The van der Waals surface area contributed by atoms with Crippen LogP contribution in [0.2, 0.25) is 5.02 Å². The molecule has 0 atom stereocenters. The first-order valence-corrected chi connectivity index (χ1v) is 12.4. The topological polar surface area (TPSA) is 106 Å². The highest BCUT2D eigenvalue weighted by Gasteiger charge is 2.15. The minimum atomic E-state index is -3.67. The maximum Gasteiger partial charge on any atom is 0.255 e. The van der Waals surface area contributed by atoms with Crippen molar-refractivity contribution in [2.24, 2.45) is 0 Å². The van der Waals surface area contributed by atoms with E-state index < -0.39 is 10.0 Å². The Hall–Kier alpha value is -3.53. The van der Waals surface area contributed by atoms with Gasteiger partial charge in [0.15, 0.2) is 0 Å². The average molecular weight is 496 g/mol. The highest BCUT2D eigenvalue weighted by molar-refractivity contribution is 7.89. The third-order valence-corrected chi connectivity index (χ3v) is 6.84. The Labute approximate surface area is 202 Å². The molecular weight excluding hydrogens is 474 g/mol. The lowest BCUT2D eigenvalue weighted by Gasteiger charge is -2.10. The average Bonchev–Trinajstić information content (AvgIpc) is 3.37. The number of imidazole rings is 1. The summed E-state index contributed by atoms with van der Waals surface area (Å²) in [4.78, 5) is 21.0. The molecule has 2 aromatic heterocycles. The number of nitrogens with zero attached hydrogens (tertiary/aromatic N) is 3. The summed E-state index contributed by atoms with van der Waals surface area (Å²) in [6, 6.07) is 16.4. The van der Waals surface area contributed by atoms with E-state index in [0.717, 1.165) is 0 Å². The number of hydrogen-bond donors (Lipinski definition) is 2. The molecule has 1 amide bonds. The molecule has 34 heavy (non-hydrogen) atoms. The second kappa shape index (κ2) is 10.6. The standard InChI is InChI=1S/C24H22ClN5O3S/c25-22-10-7-19(16-21(22)23-4-1-2-11-27-23)29-24(31)18-5-8-20(9-6-18)34(32,33)28-12-3-14-30-15-13-26-17-30/h1-2,4-11,13,15-17,28H,3,12,14H2,(H,29,31). The van der Waals surface area contributed by atoms with E-state index in [1.54, 1.807) is 36.9 Å². The van der Waals surface area contributed by atoms with Gasteiger partial charge >= 0.3 is 0 Å². The lowest BCUT2D eigenvalue weighted by Crippen LogP contribution is -2.25. The lowest BCUT2D eigenvalue weighted by molar-refractivity contribution is 0.102. The fourth-order valence-corrected chi connectivity index (χ4v) is 4.57. The summed E-state index contributed by atoms with van der Waals surface area (Å²) in [6.07, 6.45) is 7.47. The molecule has 0 radical (unpaired) electrons. The van der Waals surface area contributed by atoms with E-state index in [4.69, 9.17) is 11.6 Å². The van der Waals surface area contributed by atoms with Crippen LogP contribution in [0.15, 0.2) is 90.5 Å². The van der Waals surface area contributed by atoms with Crippen LogP contribution in [0.1, 0.15) is 16.8 Å². The van der Waals surface area contributed by atoms with Crippen molar-refractivity contribution in [3.8, 4) is 11.3 Å². The quantitative estimate of drug-likeness (QED) is 0.338. The Bertz CT molecular complexity index is 1360. The second-order valence-corrected chi connectivity index (χ2v) is 9.61. The predicted molar refractivity (Wildman–Crippen MR) is 131 cm³/mol. The fraction of sp³-hybridized carbons (Fsp3) is 0.125. The SMILES string of the molecule is O=C(Nc1ccc(Cl)c(-c2ccccn2)c1)c1ccc(S(=O)(=O)NCCCn2ccnc2)cc1. The minimum absolute atomic E-state index is 0.0932. The number of anilines is 1. The number of rotatable bonds is 9. The van der Waals surface area contributed by atoms with Crippen molar-refractivity contribution >= 4 is 33.2 Å². The summed E-state index contributed by atoms with van der Waals surface area (Å²) < 4.78 is 29.5. The van der Waals surface area contributed by atoms with Crippen LogP contribution in [-0.4, -0.2) is 35.4 Å². The molecule has 174 valence electrons. The number of carbonyl (C=O) groups excluding carboxylic acids is 1. The van der Waals surface area contributed by atoms with Gasteiger partial charge < -0.3 is 9.88 Å². The van der Waals surface area contributed by atoms with Crippen LogP contribution >= 0.6 is 11.6 Å². The number of sulfonamides is 1. The first kappa shape index (κ1) is 23.6. The largest absolute Gasteiger partial charge is 0.337 e. The third kappa shape index (κ3) is 5.88. The number of carbonyl (C=O) groups is 1. The zero-order chi connectivity index (χ0) is 24.0. The number of nitrogens with one attached hydrogen (secondary N) is 2. The number of hydrogen-bond acceptors (Lipinski definition) is 5. The molecule has 2 aromatic carbocycles. The monoisotopic (exact) mass is 495 g/mol. The molecule has 4 aromatic rings. The smallest absolute Gasteiger partial charge is 0.255 e. The molecule has 0 aliphatic carbocycles. The third-order valence-electron chi connectivity index (χ3n) is 5.04. The van der Waals surface area contributed by atoms with Gasteiger partial charge in [-0.15, -0.1) is 0 Å². The number of amides is 1. The number of aryl methyl sites for hydroxylation is 1. The van der Waals surface area contributed by atoms with Gasteiger partial charge in [-0.25, -0.2) is 18.1 Å². The molecule has 10 heteroatoms.